The van der Waals surface area contributed by atoms with Gasteiger partial charge in [0.2, 0.25) is 0 Å². The number of aromatic hydroxyl groups is 1. The quantitative estimate of drug-likeness (QED) is 0.654. The summed E-state index contributed by atoms with van der Waals surface area (Å²) in [4.78, 5) is 0. The van der Waals surface area contributed by atoms with Crippen molar-refractivity contribution in [2.45, 2.75) is 6.92 Å². The monoisotopic (exact) mass is 313 g/mol. The number of halogens is 1. The van der Waals surface area contributed by atoms with Gasteiger partial charge in [0, 0.05) is 10.0 Å². The Bertz CT molecular complexity index is 666. The first-order chi connectivity index (χ1) is 9.10. The molecule has 2 rings (SSSR count). The summed E-state index contributed by atoms with van der Waals surface area (Å²) in [5, 5.41) is 19.1. The molecule has 0 saturated heterocycles. The molecule has 0 unspecified atom stereocenters. The van der Waals surface area contributed by atoms with Gasteiger partial charge in [-0.15, -0.1) is 0 Å². The standard InChI is InChI=1S/C16H12BrNO/c1-11-2-4-12(5-3-11)14(10-18)8-13-9-15(17)6-7-16(13)19/h2-9,19H,1H3/b14-8+. The lowest BCUT2D eigenvalue weighted by Gasteiger charge is -2.03. The molecule has 0 aliphatic rings. The fourth-order valence-electron chi connectivity index (χ4n) is 1.71. The summed E-state index contributed by atoms with van der Waals surface area (Å²) < 4.78 is 0.859. The summed E-state index contributed by atoms with van der Waals surface area (Å²) in [6.07, 6.45) is 1.69. The molecular weight excluding hydrogens is 302 g/mol. The van der Waals surface area contributed by atoms with Gasteiger partial charge in [0.15, 0.2) is 0 Å². The first-order valence-corrected chi connectivity index (χ1v) is 6.57. The minimum atomic E-state index is 0.156. The SMILES string of the molecule is Cc1ccc(/C(C#N)=C/c2cc(Br)ccc2O)cc1. The lowest BCUT2D eigenvalue weighted by atomic mass is 10.0. The topological polar surface area (TPSA) is 44.0 Å². The van der Waals surface area contributed by atoms with E-state index in [2.05, 4.69) is 22.0 Å². The van der Waals surface area contributed by atoms with E-state index in [1.807, 2.05) is 31.2 Å². The molecule has 2 nitrogen and oxygen atoms in total. The molecule has 2 aromatic carbocycles. The summed E-state index contributed by atoms with van der Waals surface area (Å²) in [7, 11) is 0. The summed E-state index contributed by atoms with van der Waals surface area (Å²) in [6.45, 7) is 2.00. The maximum atomic E-state index is 9.80. The largest absolute Gasteiger partial charge is 0.507 e. The predicted molar refractivity (Wildman–Crippen MR) is 80.5 cm³/mol. The second-order valence-electron chi connectivity index (χ2n) is 4.24. The summed E-state index contributed by atoms with van der Waals surface area (Å²) in [5.41, 5.74) is 3.12. The Morgan fingerprint density at radius 2 is 1.89 bits per heavy atom. The molecule has 0 fully saturated rings. The Hall–Kier alpha value is -2.05. The summed E-state index contributed by atoms with van der Waals surface area (Å²) >= 11 is 3.35. The first kappa shape index (κ1) is 13.4. The molecule has 1 N–H and O–H groups in total. The van der Waals surface area contributed by atoms with E-state index in [1.165, 1.54) is 0 Å². The Balaban J connectivity index is 2.47. The number of allylic oxidation sites excluding steroid dienone is 1. The van der Waals surface area contributed by atoms with E-state index in [-0.39, 0.29) is 5.75 Å². The van der Waals surface area contributed by atoms with E-state index in [4.69, 9.17) is 0 Å². The van der Waals surface area contributed by atoms with Crippen LogP contribution in [0.5, 0.6) is 5.75 Å². The smallest absolute Gasteiger partial charge is 0.122 e. The summed E-state index contributed by atoms with van der Waals surface area (Å²) in [5.74, 6) is 0.156. The van der Waals surface area contributed by atoms with Crippen molar-refractivity contribution in [3.8, 4) is 11.8 Å². The van der Waals surface area contributed by atoms with E-state index < -0.39 is 0 Å². The number of benzene rings is 2. The van der Waals surface area contributed by atoms with Crippen LogP contribution >= 0.6 is 15.9 Å². The Morgan fingerprint density at radius 3 is 2.53 bits per heavy atom. The number of phenols is 1. The van der Waals surface area contributed by atoms with E-state index in [9.17, 15) is 10.4 Å². The third kappa shape index (κ3) is 3.24. The van der Waals surface area contributed by atoms with Crippen LogP contribution in [-0.2, 0) is 0 Å². The van der Waals surface area contributed by atoms with Crippen LogP contribution in [0, 0.1) is 18.3 Å². The average molecular weight is 314 g/mol. The van der Waals surface area contributed by atoms with Crippen molar-refractivity contribution in [2.75, 3.05) is 0 Å². The van der Waals surface area contributed by atoms with Crippen LogP contribution < -0.4 is 0 Å². The normalized spacial score (nSPS) is 11.1. The van der Waals surface area contributed by atoms with Gasteiger partial charge in [0.25, 0.3) is 0 Å². The maximum absolute atomic E-state index is 9.80. The second kappa shape index (κ2) is 5.73. The number of nitrogens with zero attached hydrogens (tertiary/aromatic N) is 1. The summed E-state index contributed by atoms with van der Waals surface area (Å²) in [6, 6.07) is 15.0. The van der Waals surface area contributed by atoms with E-state index in [0.29, 0.717) is 11.1 Å². The maximum Gasteiger partial charge on any atom is 0.122 e. The molecule has 0 bridgehead atoms. The molecule has 2 aromatic rings. The van der Waals surface area contributed by atoms with Crippen molar-refractivity contribution in [3.05, 3.63) is 63.6 Å². The first-order valence-electron chi connectivity index (χ1n) is 5.77. The number of hydrogen-bond acceptors (Lipinski definition) is 2. The van der Waals surface area contributed by atoms with Crippen LogP contribution in [0.15, 0.2) is 46.9 Å². The van der Waals surface area contributed by atoms with Crippen molar-refractivity contribution in [2.24, 2.45) is 0 Å². The minimum Gasteiger partial charge on any atom is -0.507 e. The van der Waals surface area contributed by atoms with Gasteiger partial charge < -0.3 is 5.11 Å². The third-order valence-corrected chi connectivity index (χ3v) is 3.27. The van der Waals surface area contributed by atoms with E-state index >= 15 is 0 Å². The van der Waals surface area contributed by atoms with Crippen molar-refractivity contribution in [1.82, 2.24) is 0 Å². The van der Waals surface area contributed by atoms with Gasteiger partial charge in [-0.3, -0.25) is 0 Å². The van der Waals surface area contributed by atoms with Crippen molar-refractivity contribution in [3.63, 3.8) is 0 Å². The fraction of sp³-hybridized carbons (Fsp3) is 0.0625. The van der Waals surface area contributed by atoms with E-state index in [0.717, 1.165) is 15.6 Å². The molecule has 94 valence electrons. The van der Waals surface area contributed by atoms with Gasteiger partial charge in [0.05, 0.1) is 11.6 Å². The molecule has 0 atom stereocenters. The molecular formula is C16H12BrNO. The van der Waals surface area contributed by atoms with Crippen LogP contribution in [0.2, 0.25) is 0 Å². The highest BCUT2D eigenvalue weighted by Crippen LogP contribution is 2.26. The number of phenolic OH excluding ortho intramolecular Hbond substituents is 1. The zero-order valence-electron chi connectivity index (χ0n) is 10.4. The zero-order valence-corrected chi connectivity index (χ0v) is 12.0. The molecule has 0 saturated carbocycles. The van der Waals surface area contributed by atoms with Gasteiger partial charge in [-0.1, -0.05) is 45.8 Å². The lowest BCUT2D eigenvalue weighted by molar-refractivity contribution is 0.474. The Morgan fingerprint density at radius 1 is 1.21 bits per heavy atom. The van der Waals surface area contributed by atoms with Crippen molar-refractivity contribution < 1.29 is 5.11 Å². The molecule has 0 aromatic heterocycles. The third-order valence-electron chi connectivity index (χ3n) is 2.77. The van der Waals surface area contributed by atoms with Gasteiger partial charge in [-0.2, -0.15) is 5.26 Å². The van der Waals surface area contributed by atoms with Gasteiger partial charge in [-0.25, -0.2) is 0 Å². The number of nitriles is 1. The lowest BCUT2D eigenvalue weighted by Crippen LogP contribution is -1.83. The number of aryl methyl sites for hydroxylation is 1. The van der Waals surface area contributed by atoms with Gasteiger partial charge >= 0.3 is 0 Å². The molecule has 0 radical (unpaired) electrons. The van der Waals surface area contributed by atoms with Gasteiger partial charge in [0.1, 0.15) is 5.75 Å². The highest BCUT2D eigenvalue weighted by atomic mass is 79.9. The molecule has 0 aliphatic carbocycles. The van der Waals surface area contributed by atoms with Crippen LogP contribution in [0.1, 0.15) is 16.7 Å². The van der Waals surface area contributed by atoms with Crippen LogP contribution in [-0.4, -0.2) is 5.11 Å². The molecule has 3 heteroatoms. The average Bonchev–Trinajstić information content (AvgIpc) is 2.41. The zero-order chi connectivity index (χ0) is 13.8. The highest BCUT2D eigenvalue weighted by molar-refractivity contribution is 9.10. The number of rotatable bonds is 2. The van der Waals surface area contributed by atoms with Crippen molar-refractivity contribution in [1.29, 1.82) is 5.26 Å². The van der Waals surface area contributed by atoms with Gasteiger partial charge in [-0.05, 0) is 36.8 Å². The molecule has 0 spiro atoms. The Labute approximate surface area is 120 Å². The molecule has 0 heterocycles. The van der Waals surface area contributed by atoms with Crippen LogP contribution in [0.4, 0.5) is 0 Å². The highest BCUT2D eigenvalue weighted by Gasteiger charge is 2.04. The second-order valence-corrected chi connectivity index (χ2v) is 5.15. The van der Waals surface area contributed by atoms with E-state index in [1.54, 1.807) is 24.3 Å². The van der Waals surface area contributed by atoms with Crippen molar-refractivity contribution >= 4 is 27.6 Å². The predicted octanol–water partition coefficient (Wildman–Crippen LogP) is 4.53. The molecule has 0 aliphatic heterocycles. The Kier molecular flexibility index (Phi) is 4.03. The number of hydrogen-bond donors (Lipinski definition) is 1. The van der Waals surface area contributed by atoms with Crippen LogP contribution in [0.25, 0.3) is 11.6 Å². The molecule has 0 amide bonds. The minimum absolute atomic E-state index is 0.156. The fourth-order valence-corrected chi connectivity index (χ4v) is 2.09. The molecule has 19 heavy (non-hydrogen) atoms. The van der Waals surface area contributed by atoms with Crippen LogP contribution in [0.3, 0.4) is 0 Å².